The average molecular weight is 253 g/mol. The maximum atomic E-state index is 6.01. The minimum atomic E-state index is 0.530. The molecule has 0 amide bonds. The van der Waals surface area contributed by atoms with Crippen molar-refractivity contribution in [3.63, 3.8) is 0 Å². The Kier molecular flexibility index (Phi) is 3.95. The van der Waals surface area contributed by atoms with Crippen molar-refractivity contribution in [2.24, 2.45) is 0 Å². The molecule has 3 heteroatoms. The van der Waals surface area contributed by atoms with Gasteiger partial charge in [-0.2, -0.15) is 0 Å². The molecule has 0 bridgehead atoms. The first kappa shape index (κ1) is 12.7. The first-order chi connectivity index (χ1) is 8.06. The summed E-state index contributed by atoms with van der Waals surface area (Å²) in [7, 11) is 0. The van der Waals surface area contributed by atoms with E-state index in [2.05, 4.69) is 37.1 Å². The fourth-order valence-corrected chi connectivity index (χ4v) is 2.81. The Morgan fingerprint density at radius 1 is 1.29 bits per heavy atom. The minimum absolute atomic E-state index is 0.530. The van der Waals surface area contributed by atoms with Crippen LogP contribution in [-0.4, -0.2) is 25.2 Å². The molecule has 1 fully saturated rings. The van der Waals surface area contributed by atoms with E-state index in [1.807, 2.05) is 12.1 Å². The van der Waals surface area contributed by atoms with Crippen LogP contribution in [0, 0.1) is 6.92 Å². The molecule has 1 aliphatic rings. The molecule has 1 saturated heterocycles. The lowest BCUT2D eigenvalue weighted by molar-refractivity contribution is 0.492. The highest BCUT2D eigenvalue weighted by Gasteiger charge is 2.19. The van der Waals surface area contributed by atoms with E-state index in [4.69, 9.17) is 11.6 Å². The molecule has 1 aromatic carbocycles. The van der Waals surface area contributed by atoms with Crippen molar-refractivity contribution in [2.45, 2.75) is 39.3 Å². The zero-order chi connectivity index (χ0) is 12.4. The van der Waals surface area contributed by atoms with E-state index < -0.39 is 0 Å². The lowest BCUT2D eigenvalue weighted by Gasteiger charge is -2.26. The van der Waals surface area contributed by atoms with Gasteiger partial charge < -0.3 is 10.2 Å². The maximum Gasteiger partial charge on any atom is 0.0410 e. The van der Waals surface area contributed by atoms with Gasteiger partial charge in [-0.1, -0.05) is 11.6 Å². The second-order valence-corrected chi connectivity index (χ2v) is 5.57. The van der Waals surface area contributed by atoms with Crippen molar-refractivity contribution in [1.29, 1.82) is 0 Å². The van der Waals surface area contributed by atoms with Gasteiger partial charge in [0.2, 0.25) is 0 Å². The van der Waals surface area contributed by atoms with Crippen molar-refractivity contribution in [1.82, 2.24) is 5.32 Å². The predicted molar refractivity (Wildman–Crippen MR) is 75.1 cm³/mol. The summed E-state index contributed by atoms with van der Waals surface area (Å²) in [5.74, 6) is 0. The first-order valence-electron chi connectivity index (χ1n) is 6.33. The smallest absolute Gasteiger partial charge is 0.0410 e. The highest BCUT2D eigenvalue weighted by Crippen LogP contribution is 2.25. The topological polar surface area (TPSA) is 15.3 Å². The minimum Gasteiger partial charge on any atom is -0.370 e. The fourth-order valence-electron chi connectivity index (χ4n) is 2.59. The van der Waals surface area contributed by atoms with Gasteiger partial charge in [-0.15, -0.1) is 0 Å². The molecule has 1 heterocycles. The summed E-state index contributed by atoms with van der Waals surface area (Å²) < 4.78 is 0. The van der Waals surface area contributed by atoms with Crippen LogP contribution in [0.2, 0.25) is 5.02 Å². The number of benzene rings is 1. The molecule has 2 nitrogen and oxygen atoms in total. The van der Waals surface area contributed by atoms with Gasteiger partial charge in [0.25, 0.3) is 0 Å². The zero-order valence-electron chi connectivity index (χ0n) is 10.8. The van der Waals surface area contributed by atoms with Crippen LogP contribution >= 0.6 is 11.6 Å². The molecule has 0 aliphatic carbocycles. The number of halogens is 1. The lowest BCUT2D eigenvalue weighted by atomic mass is 10.1. The summed E-state index contributed by atoms with van der Waals surface area (Å²) in [5, 5.41) is 4.42. The molecule has 0 spiro atoms. The van der Waals surface area contributed by atoms with Gasteiger partial charge >= 0.3 is 0 Å². The summed E-state index contributed by atoms with van der Waals surface area (Å²) in [6.45, 7) is 8.82. The summed E-state index contributed by atoms with van der Waals surface area (Å²) in [6, 6.07) is 7.30. The van der Waals surface area contributed by atoms with E-state index in [1.54, 1.807) is 0 Å². The third-order valence-corrected chi connectivity index (χ3v) is 3.63. The molecular weight excluding hydrogens is 232 g/mol. The Balaban J connectivity index is 2.20. The molecule has 17 heavy (non-hydrogen) atoms. The van der Waals surface area contributed by atoms with Crippen LogP contribution in [0.25, 0.3) is 0 Å². The van der Waals surface area contributed by atoms with Crippen LogP contribution in [0.3, 0.4) is 0 Å². The second kappa shape index (κ2) is 5.28. The number of hydrogen-bond acceptors (Lipinski definition) is 2. The Labute approximate surface area is 109 Å². The van der Waals surface area contributed by atoms with Crippen molar-refractivity contribution in [3.8, 4) is 0 Å². The van der Waals surface area contributed by atoms with E-state index in [-0.39, 0.29) is 0 Å². The number of aryl methyl sites for hydroxylation is 1. The van der Waals surface area contributed by atoms with Gasteiger partial charge in [0, 0.05) is 35.9 Å². The quantitative estimate of drug-likeness (QED) is 0.826. The Morgan fingerprint density at radius 2 is 2.06 bits per heavy atom. The normalized spacial score (nSPS) is 25.8. The van der Waals surface area contributed by atoms with Crippen molar-refractivity contribution >= 4 is 17.3 Å². The maximum absolute atomic E-state index is 6.01. The Hall–Kier alpha value is -0.730. The van der Waals surface area contributed by atoms with Gasteiger partial charge in [-0.3, -0.25) is 0 Å². The number of rotatable bonds is 1. The molecule has 1 N–H and O–H groups in total. The van der Waals surface area contributed by atoms with Crippen LogP contribution in [0.15, 0.2) is 18.2 Å². The SMILES string of the molecule is Cc1cc(Cl)ccc1N1CCC(C)NC(C)C1. The molecule has 1 aromatic rings. The van der Waals surface area contributed by atoms with Gasteiger partial charge in [0.1, 0.15) is 0 Å². The van der Waals surface area contributed by atoms with Crippen LogP contribution < -0.4 is 10.2 Å². The second-order valence-electron chi connectivity index (χ2n) is 5.13. The van der Waals surface area contributed by atoms with Crippen molar-refractivity contribution < 1.29 is 0 Å². The van der Waals surface area contributed by atoms with Crippen LogP contribution in [0.4, 0.5) is 5.69 Å². The van der Waals surface area contributed by atoms with Crippen LogP contribution in [-0.2, 0) is 0 Å². The van der Waals surface area contributed by atoms with E-state index in [9.17, 15) is 0 Å². The van der Waals surface area contributed by atoms with Crippen LogP contribution in [0.5, 0.6) is 0 Å². The Morgan fingerprint density at radius 3 is 2.76 bits per heavy atom. The van der Waals surface area contributed by atoms with E-state index in [1.165, 1.54) is 17.7 Å². The summed E-state index contributed by atoms with van der Waals surface area (Å²) in [5.41, 5.74) is 2.58. The molecule has 2 atom stereocenters. The molecule has 0 aromatic heterocycles. The van der Waals surface area contributed by atoms with Crippen LogP contribution in [0.1, 0.15) is 25.8 Å². The number of anilines is 1. The lowest BCUT2D eigenvalue weighted by Crippen LogP contribution is -2.37. The molecule has 1 aliphatic heterocycles. The fraction of sp³-hybridized carbons (Fsp3) is 0.571. The molecule has 94 valence electrons. The summed E-state index contributed by atoms with van der Waals surface area (Å²) >= 11 is 6.01. The molecule has 0 radical (unpaired) electrons. The van der Waals surface area contributed by atoms with Gasteiger partial charge in [-0.25, -0.2) is 0 Å². The third-order valence-electron chi connectivity index (χ3n) is 3.39. The average Bonchev–Trinajstić information content (AvgIpc) is 2.39. The van der Waals surface area contributed by atoms with E-state index in [0.29, 0.717) is 12.1 Å². The molecule has 2 rings (SSSR count). The highest BCUT2D eigenvalue weighted by atomic mass is 35.5. The molecular formula is C14H21ClN2. The van der Waals surface area contributed by atoms with Crippen molar-refractivity contribution in [2.75, 3.05) is 18.0 Å². The highest BCUT2D eigenvalue weighted by molar-refractivity contribution is 6.30. The summed E-state index contributed by atoms with van der Waals surface area (Å²) in [4.78, 5) is 2.47. The zero-order valence-corrected chi connectivity index (χ0v) is 11.6. The van der Waals surface area contributed by atoms with E-state index in [0.717, 1.165) is 18.1 Å². The van der Waals surface area contributed by atoms with Gasteiger partial charge in [0.15, 0.2) is 0 Å². The predicted octanol–water partition coefficient (Wildman–Crippen LogP) is 3.23. The number of nitrogens with one attached hydrogen (secondary N) is 1. The van der Waals surface area contributed by atoms with Crippen molar-refractivity contribution in [3.05, 3.63) is 28.8 Å². The monoisotopic (exact) mass is 252 g/mol. The number of nitrogens with zero attached hydrogens (tertiary/aromatic N) is 1. The summed E-state index contributed by atoms with van der Waals surface area (Å²) in [6.07, 6.45) is 1.19. The van der Waals surface area contributed by atoms with E-state index >= 15 is 0 Å². The third kappa shape index (κ3) is 3.14. The van der Waals surface area contributed by atoms with Gasteiger partial charge in [-0.05, 0) is 51.0 Å². The number of hydrogen-bond donors (Lipinski definition) is 1. The first-order valence-corrected chi connectivity index (χ1v) is 6.71. The molecule has 2 unspecified atom stereocenters. The Bertz CT molecular complexity index is 392. The molecule has 0 saturated carbocycles. The largest absolute Gasteiger partial charge is 0.370 e. The standard InChI is InChI=1S/C14H21ClN2/c1-10-8-13(15)4-5-14(10)17-7-6-11(2)16-12(3)9-17/h4-5,8,11-12,16H,6-7,9H2,1-3H3. The van der Waals surface area contributed by atoms with Gasteiger partial charge in [0.05, 0.1) is 0 Å².